The van der Waals surface area contributed by atoms with Crippen LogP contribution < -0.4 is 15.6 Å². The summed E-state index contributed by atoms with van der Waals surface area (Å²) in [7, 11) is 0. The Bertz CT molecular complexity index is 969. The van der Waals surface area contributed by atoms with E-state index in [1.807, 2.05) is 30.3 Å². The van der Waals surface area contributed by atoms with E-state index in [2.05, 4.69) is 15.5 Å². The fourth-order valence-corrected chi connectivity index (χ4v) is 2.35. The minimum absolute atomic E-state index is 0.0661. The lowest BCUT2D eigenvalue weighted by Crippen LogP contribution is -2.40. The van der Waals surface area contributed by atoms with Gasteiger partial charge in [-0.15, -0.1) is 0 Å². The van der Waals surface area contributed by atoms with Gasteiger partial charge < -0.3 is 11.1 Å². The van der Waals surface area contributed by atoms with Crippen LogP contribution in [0.25, 0.3) is 0 Å². The van der Waals surface area contributed by atoms with Gasteiger partial charge in [-0.1, -0.05) is 18.2 Å². The Kier molecular flexibility index (Phi) is 5.64. The largest absolute Gasteiger partial charge is 0.365 e. The lowest BCUT2D eigenvalue weighted by atomic mass is 10.2. The number of benzene rings is 2. The van der Waals surface area contributed by atoms with Crippen LogP contribution in [0.4, 0.5) is 17.1 Å². The minimum Gasteiger partial charge on any atom is -0.365 e. The highest BCUT2D eigenvalue weighted by Gasteiger charge is 2.12. The predicted molar refractivity (Wildman–Crippen MR) is 101 cm³/mol. The third-order valence-corrected chi connectivity index (χ3v) is 3.66. The molecule has 27 heavy (non-hydrogen) atoms. The summed E-state index contributed by atoms with van der Waals surface area (Å²) in [6, 6.07) is 19.7. The first kappa shape index (κ1) is 17.9. The Balaban J connectivity index is 1.59. The molecule has 0 radical (unpaired) electrons. The Morgan fingerprint density at radius 2 is 1.56 bits per heavy atom. The summed E-state index contributed by atoms with van der Waals surface area (Å²) >= 11 is 0. The zero-order chi connectivity index (χ0) is 19.1. The maximum Gasteiger partial charge on any atom is 0.290 e. The highest BCUT2D eigenvalue weighted by Crippen LogP contribution is 2.19. The highest BCUT2D eigenvalue weighted by atomic mass is 16.2. The number of pyridine rings is 1. The number of hydrogen-bond acceptors (Lipinski definition) is 4. The quantitative estimate of drug-likeness (QED) is 0.521. The molecule has 0 saturated heterocycles. The van der Waals surface area contributed by atoms with E-state index in [-0.39, 0.29) is 12.5 Å². The van der Waals surface area contributed by atoms with Crippen molar-refractivity contribution in [1.29, 1.82) is 0 Å². The molecule has 3 aromatic rings. The van der Waals surface area contributed by atoms with E-state index in [0.29, 0.717) is 16.9 Å². The molecular weight excluding hydrogens is 342 g/mol. The van der Waals surface area contributed by atoms with Crippen LogP contribution in [0.15, 0.2) is 89.4 Å². The van der Waals surface area contributed by atoms with Gasteiger partial charge in [-0.3, -0.25) is 9.59 Å². The molecule has 0 aliphatic heterocycles. The Labute approximate surface area is 156 Å². The molecule has 0 atom stereocenters. The second kappa shape index (κ2) is 8.48. The molecule has 0 bridgehead atoms. The van der Waals surface area contributed by atoms with Crippen molar-refractivity contribution in [3.05, 3.63) is 84.7 Å². The molecule has 2 aromatic carbocycles. The number of primary amides is 1. The molecule has 3 rings (SSSR count). The van der Waals surface area contributed by atoms with Crippen LogP contribution in [0.2, 0.25) is 0 Å². The van der Waals surface area contributed by atoms with E-state index in [0.717, 1.165) is 5.69 Å². The number of aromatic nitrogens is 1. The SMILES string of the molecule is NC(=O)c1ccc[n+](CC(=O)Nc2ccc(N=Nc3ccccc3)cc2)c1. The summed E-state index contributed by atoms with van der Waals surface area (Å²) in [4.78, 5) is 23.4. The number of azo groups is 1. The fraction of sp³-hybridized carbons (Fsp3) is 0.0500. The van der Waals surface area contributed by atoms with Crippen LogP contribution in [0.5, 0.6) is 0 Å². The zero-order valence-corrected chi connectivity index (χ0v) is 14.4. The van der Waals surface area contributed by atoms with Crippen molar-refractivity contribution in [2.45, 2.75) is 6.54 Å². The average molecular weight is 360 g/mol. The van der Waals surface area contributed by atoms with Crippen molar-refractivity contribution >= 4 is 28.9 Å². The van der Waals surface area contributed by atoms with Crippen LogP contribution in [-0.2, 0) is 11.3 Å². The Morgan fingerprint density at radius 1 is 0.889 bits per heavy atom. The van der Waals surface area contributed by atoms with Crippen LogP contribution in [-0.4, -0.2) is 11.8 Å². The summed E-state index contributed by atoms with van der Waals surface area (Å²) in [6.07, 6.45) is 3.23. The van der Waals surface area contributed by atoms with E-state index < -0.39 is 5.91 Å². The maximum absolute atomic E-state index is 12.2. The molecule has 0 unspecified atom stereocenters. The van der Waals surface area contributed by atoms with E-state index in [4.69, 9.17) is 5.73 Å². The topological polar surface area (TPSA) is 101 Å². The van der Waals surface area contributed by atoms with Crippen LogP contribution >= 0.6 is 0 Å². The first-order chi connectivity index (χ1) is 13.1. The van der Waals surface area contributed by atoms with Crippen molar-refractivity contribution in [2.24, 2.45) is 16.0 Å². The molecule has 1 aromatic heterocycles. The maximum atomic E-state index is 12.2. The van der Waals surface area contributed by atoms with Gasteiger partial charge in [0.15, 0.2) is 12.4 Å². The summed E-state index contributed by atoms with van der Waals surface area (Å²) in [6.45, 7) is 0.0661. The van der Waals surface area contributed by atoms with E-state index >= 15 is 0 Å². The van der Waals surface area contributed by atoms with Gasteiger partial charge in [-0.25, -0.2) is 0 Å². The molecule has 0 fully saturated rings. The van der Waals surface area contributed by atoms with Crippen molar-refractivity contribution in [2.75, 3.05) is 5.32 Å². The van der Waals surface area contributed by atoms with Gasteiger partial charge in [-0.05, 0) is 42.5 Å². The summed E-state index contributed by atoms with van der Waals surface area (Å²) < 4.78 is 1.60. The lowest BCUT2D eigenvalue weighted by molar-refractivity contribution is -0.684. The van der Waals surface area contributed by atoms with Crippen molar-refractivity contribution in [3.8, 4) is 0 Å². The molecule has 2 amide bonds. The molecule has 7 nitrogen and oxygen atoms in total. The van der Waals surface area contributed by atoms with Gasteiger partial charge in [0.1, 0.15) is 5.56 Å². The third-order valence-electron chi connectivity index (χ3n) is 3.66. The molecule has 1 heterocycles. The Morgan fingerprint density at radius 3 is 2.22 bits per heavy atom. The molecule has 3 N–H and O–H groups in total. The van der Waals surface area contributed by atoms with Crippen LogP contribution in [0.3, 0.4) is 0 Å². The first-order valence-electron chi connectivity index (χ1n) is 8.26. The predicted octanol–water partition coefficient (Wildman–Crippen LogP) is 3.13. The number of amides is 2. The second-order valence-corrected chi connectivity index (χ2v) is 5.76. The number of carbonyl (C=O) groups is 2. The standard InChI is InChI=1S/C20H17N5O2/c21-20(27)15-5-4-12-25(13-15)14-19(26)22-16-8-10-18(11-9-16)24-23-17-6-2-1-3-7-17/h1-13H,14H2,(H2-,21,22,23,26,27)/p+1. The monoisotopic (exact) mass is 360 g/mol. The molecule has 0 spiro atoms. The van der Waals surface area contributed by atoms with Crippen molar-refractivity contribution in [1.82, 2.24) is 0 Å². The second-order valence-electron chi connectivity index (χ2n) is 5.76. The number of hydrogen-bond donors (Lipinski definition) is 2. The molecule has 7 heteroatoms. The van der Waals surface area contributed by atoms with Gasteiger partial charge >= 0.3 is 0 Å². The van der Waals surface area contributed by atoms with Gasteiger partial charge in [0.25, 0.3) is 11.8 Å². The van der Waals surface area contributed by atoms with Gasteiger partial charge in [0.2, 0.25) is 6.54 Å². The normalized spacial score (nSPS) is 10.7. The average Bonchev–Trinajstić information content (AvgIpc) is 2.68. The number of rotatable bonds is 6. The zero-order valence-electron chi connectivity index (χ0n) is 14.4. The number of nitrogens with zero attached hydrogens (tertiary/aromatic N) is 3. The molecule has 134 valence electrons. The van der Waals surface area contributed by atoms with E-state index in [9.17, 15) is 9.59 Å². The lowest BCUT2D eigenvalue weighted by Gasteiger charge is -2.03. The molecule has 0 aliphatic rings. The van der Waals surface area contributed by atoms with E-state index in [1.165, 1.54) is 6.20 Å². The van der Waals surface area contributed by atoms with Crippen molar-refractivity contribution in [3.63, 3.8) is 0 Å². The third kappa shape index (κ3) is 5.30. The highest BCUT2D eigenvalue weighted by molar-refractivity contribution is 5.92. The number of nitrogens with two attached hydrogens (primary N) is 1. The summed E-state index contributed by atoms with van der Waals surface area (Å²) in [5, 5.41) is 11.1. The number of anilines is 1. The van der Waals surface area contributed by atoms with Crippen LogP contribution in [0.1, 0.15) is 10.4 Å². The smallest absolute Gasteiger partial charge is 0.290 e. The van der Waals surface area contributed by atoms with E-state index in [1.54, 1.807) is 47.2 Å². The fourth-order valence-electron chi connectivity index (χ4n) is 2.35. The summed E-state index contributed by atoms with van der Waals surface area (Å²) in [5.41, 5.74) is 7.68. The van der Waals surface area contributed by atoms with Gasteiger partial charge in [0, 0.05) is 11.8 Å². The summed E-state index contributed by atoms with van der Waals surface area (Å²) in [5.74, 6) is -0.759. The molecular formula is C20H18N5O2+. The molecule has 0 aliphatic carbocycles. The first-order valence-corrected chi connectivity index (χ1v) is 8.26. The van der Waals surface area contributed by atoms with Gasteiger partial charge in [-0.2, -0.15) is 14.8 Å². The molecule has 0 saturated carbocycles. The number of carbonyl (C=O) groups excluding carboxylic acids is 2. The Hall–Kier alpha value is -3.87. The van der Waals surface area contributed by atoms with Crippen molar-refractivity contribution < 1.29 is 14.2 Å². The van der Waals surface area contributed by atoms with Crippen LogP contribution in [0, 0.1) is 0 Å². The minimum atomic E-state index is -0.537. The number of nitrogens with one attached hydrogen (secondary N) is 1. The van der Waals surface area contributed by atoms with Gasteiger partial charge in [0.05, 0.1) is 11.4 Å².